The molecule has 1 heterocycles. The number of hydrogen-bond donors (Lipinski definition) is 2. The van der Waals surface area contributed by atoms with Crippen molar-refractivity contribution in [2.24, 2.45) is 11.8 Å². The molecule has 0 bridgehead atoms. The Morgan fingerprint density at radius 1 is 1.09 bits per heavy atom. The number of ether oxygens (including phenoxy) is 2. The highest BCUT2D eigenvalue weighted by Crippen LogP contribution is 2.33. The smallest absolute Gasteiger partial charge is 0.317 e. The van der Waals surface area contributed by atoms with Gasteiger partial charge in [0.1, 0.15) is 0 Å². The van der Waals surface area contributed by atoms with Crippen molar-refractivity contribution in [2.45, 2.75) is 76.9 Å². The van der Waals surface area contributed by atoms with Gasteiger partial charge in [0.15, 0.2) is 0 Å². The predicted octanol–water partition coefficient (Wildman–Crippen LogP) is 5.15. The van der Waals surface area contributed by atoms with Crippen molar-refractivity contribution in [1.82, 2.24) is 15.5 Å². The van der Waals surface area contributed by atoms with Crippen molar-refractivity contribution < 1.29 is 14.3 Å². The van der Waals surface area contributed by atoms with E-state index in [1.807, 2.05) is 24.9 Å². The summed E-state index contributed by atoms with van der Waals surface area (Å²) in [5.74, 6) is 1.05. The zero-order chi connectivity index (χ0) is 24.0. The fourth-order valence-corrected chi connectivity index (χ4v) is 5.64. The molecule has 3 rings (SSSR count). The molecule has 0 aromatic heterocycles. The Bertz CT molecular complexity index is 681. The van der Waals surface area contributed by atoms with Crippen LogP contribution >= 0.6 is 0 Å². The molecule has 1 aromatic carbocycles. The highest BCUT2D eigenvalue weighted by molar-refractivity contribution is 5.74. The summed E-state index contributed by atoms with van der Waals surface area (Å²) < 4.78 is 11.9. The second kappa shape index (κ2) is 15.4. The third-order valence-electron chi connectivity index (χ3n) is 7.36. The van der Waals surface area contributed by atoms with Gasteiger partial charge in [-0.1, -0.05) is 62.4 Å². The summed E-state index contributed by atoms with van der Waals surface area (Å²) in [5, 5.41) is 6.66. The molecule has 2 N–H and O–H groups in total. The Balaban J connectivity index is 1.58. The Kier molecular flexibility index (Phi) is 12.2. The Morgan fingerprint density at radius 2 is 1.88 bits per heavy atom. The van der Waals surface area contributed by atoms with Crippen molar-refractivity contribution in [3.05, 3.63) is 35.9 Å². The van der Waals surface area contributed by atoms with Crippen LogP contribution in [0.4, 0.5) is 4.79 Å². The number of likely N-dealkylation sites (tertiary alicyclic amines) is 1. The fourth-order valence-electron chi connectivity index (χ4n) is 5.64. The van der Waals surface area contributed by atoms with Gasteiger partial charge in [-0.15, -0.1) is 0 Å². The van der Waals surface area contributed by atoms with Gasteiger partial charge in [-0.05, 0) is 51.1 Å². The first-order chi connectivity index (χ1) is 16.7. The summed E-state index contributed by atoms with van der Waals surface area (Å²) in [6.45, 7) is 6.56. The van der Waals surface area contributed by atoms with E-state index >= 15 is 0 Å². The van der Waals surface area contributed by atoms with E-state index in [2.05, 4.69) is 34.9 Å². The number of hydrogen-bond acceptors (Lipinski definition) is 4. The SMILES string of the molecule is CCOCCCO[C@@H](c1ccccc1)[C@@H]1CCCN(C(=O)N[C@H](CNC)CC2CCCCC2)C1. The normalized spacial score (nSPS) is 21.2. The molecule has 192 valence electrons. The molecule has 2 aliphatic rings. The topological polar surface area (TPSA) is 62.8 Å². The Labute approximate surface area is 207 Å². The zero-order valence-corrected chi connectivity index (χ0v) is 21.5. The predicted molar refractivity (Wildman–Crippen MR) is 138 cm³/mol. The summed E-state index contributed by atoms with van der Waals surface area (Å²) in [6, 6.07) is 10.8. The minimum atomic E-state index is 0.00812. The first kappa shape index (κ1) is 27.0. The van der Waals surface area contributed by atoms with Crippen LogP contribution in [0.15, 0.2) is 30.3 Å². The third kappa shape index (κ3) is 8.86. The lowest BCUT2D eigenvalue weighted by Gasteiger charge is -2.38. The molecule has 6 nitrogen and oxygen atoms in total. The van der Waals surface area contributed by atoms with Gasteiger partial charge in [-0.25, -0.2) is 4.79 Å². The summed E-state index contributed by atoms with van der Waals surface area (Å²) in [5.41, 5.74) is 1.21. The first-order valence-corrected chi connectivity index (χ1v) is 13.7. The maximum Gasteiger partial charge on any atom is 0.317 e. The van der Waals surface area contributed by atoms with Crippen LogP contribution in [-0.2, 0) is 9.47 Å². The van der Waals surface area contributed by atoms with Crippen molar-refractivity contribution in [2.75, 3.05) is 46.5 Å². The molecule has 1 aliphatic carbocycles. The first-order valence-electron chi connectivity index (χ1n) is 13.7. The molecule has 1 saturated heterocycles. The number of piperidine rings is 1. The third-order valence-corrected chi connectivity index (χ3v) is 7.36. The number of urea groups is 1. The zero-order valence-electron chi connectivity index (χ0n) is 21.5. The number of benzene rings is 1. The van der Waals surface area contributed by atoms with Crippen LogP contribution in [0.3, 0.4) is 0 Å². The number of nitrogens with zero attached hydrogens (tertiary/aromatic N) is 1. The summed E-state index contributed by atoms with van der Waals surface area (Å²) in [7, 11) is 1.98. The average Bonchev–Trinajstić information content (AvgIpc) is 2.87. The molecule has 2 amide bonds. The second-order valence-electron chi connectivity index (χ2n) is 10.0. The van der Waals surface area contributed by atoms with E-state index in [-0.39, 0.29) is 18.2 Å². The van der Waals surface area contributed by atoms with Crippen LogP contribution in [0.2, 0.25) is 0 Å². The molecule has 0 spiro atoms. The minimum Gasteiger partial charge on any atom is -0.382 e. The lowest BCUT2D eigenvalue weighted by Crippen LogP contribution is -2.52. The highest BCUT2D eigenvalue weighted by atomic mass is 16.5. The highest BCUT2D eigenvalue weighted by Gasteiger charge is 2.32. The van der Waals surface area contributed by atoms with Gasteiger partial charge in [0.05, 0.1) is 6.10 Å². The molecule has 0 radical (unpaired) electrons. The van der Waals surface area contributed by atoms with Crippen LogP contribution in [-0.4, -0.2) is 63.5 Å². The van der Waals surface area contributed by atoms with Crippen molar-refractivity contribution >= 4 is 6.03 Å². The summed E-state index contributed by atoms with van der Waals surface area (Å²) in [4.78, 5) is 15.3. The number of amides is 2. The van der Waals surface area contributed by atoms with Gasteiger partial charge < -0.3 is 25.0 Å². The van der Waals surface area contributed by atoms with Gasteiger partial charge in [0.2, 0.25) is 0 Å². The van der Waals surface area contributed by atoms with Gasteiger partial charge >= 0.3 is 6.03 Å². The average molecular weight is 474 g/mol. The monoisotopic (exact) mass is 473 g/mol. The van der Waals surface area contributed by atoms with E-state index in [1.165, 1.54) is 37.7 Å². The lowest BCUT2D eigenvalue weighted by atomic mass is 9.85. The number of rotatable bonds is 13. The second-order valence-corrected chi connectivity index (χ2v) is 10.0. The van der Waals surface area contributed by atoms with E-state index in [0.717, 1.165) is 64.4 Å². The number of carbonyl (C=O) groups is 1. The van der Waals surface area contributed by atoms with Crippen LogP contribution in [0, 0.1) is 11.8 Å². The standard InChI is InChI=1S/C28H47N3O3/c1-3-33-18-11-19-34-27(24-14-8-5-9-15-24)25-16-10-17-31(22-25)28(32)30-26(21-29-2)20-23-12-6-4-7-13-23/h5,8-9,14-15,23,25-27,29H,3-4,6-7,10-13,16-22H2,1-2H3,(H,30,32)/t25-,26+,27+/m1/s1. The number of nitrogens with one attached hydrogen (secondary N) is 2. The van der Waals surface area contributed by atoms with Crippen LogP contribution in [0.25, 0.3) is 0 Å². The number of likely N-dealkylation sites (N-methyl/N-ethyl adjacent to an activating group) is 1. The van der Waals surface area contributed by atoms with Gasteiger partial charge in [0.25, 0.3) is 0 Å². The van der Waals surface area contributed by atoms with Crippen LogP contribution in [0.5, 0.6) is 0 Å². The van der Waals surface area contributed by atoms with Crippen molar-refractivity contribution in [3.63, 3.8) is 0 Å². The molecular weight excluding hydrogens is 426 g/mol. The fraction of sp³-hybridized carbons (Fsp3) is 0.750. The van der Waals surface area contributed by atoms with Crippen molar-refractivity contribution in [3.8, 4) is 0 Å². The maximum absolute atomic E-state index is 13.3. The molecule has 1 aromatic rings. The quantitative estimate of drug-likeness (QED) is 0.389. The molecule has 1 aliphatic heterocycles. The molecule has 3 atom stereocenters. The van der Waals surface area contributed by atoms with Gasteiger partial charge in [-0.3, -0.25) is 0 Å². The molecule has 0 unspecified atom stereocenters. The minimum absolute atomic E-state index is 0.00812. The summed E-state index contributed by atoms with van der Waals surface area (Å²) in [6.07, 6.45) is 10.7. The Morgan fingerprint density at radius 3 is 2.62 bits per heavy atom. The molecule has 2 fully saturated rings. The van der Waals surface area contributed by atoms with Gasteiger partial charge in [-0.2, -0.15) is 0 Å². The van der Waals surface area contributed by atoms with Crippen LogP contribution < -0.4 is 10.6 Å². The van der Waals surface area contributed by atoms with Crippen molar-refractivity contribution in [1.29, 1.82) is 0 Å². The summed E-state index contributed by atoms with van der Waals surface area (Å²) >= 11 is 0. The van der Waals surface area contributed by atoms with E-state index in [4.69, 9.17) is 9.47 Å². The van der Waals surface area contributed by atoms with E-state index < -0.39 is 0 Å². The molecule has 34 heavy (non-hydrogen) atoms. The largest absolute Gasteiger partial charge is 0.382 e. The van der Waals surface area contributed by atoms with E-state index in [1.54, 1.807) is 0 Å². The molecule has 1 saturated carbocycles. The van der Waals surface area contributed by atoms with Crippen LogP contribution in [0.1, 0.15) is 76.4 Å². The lowest BCUT2D eigenvalue weighted by molar-refractivity contribution is -0.0184. The molecular formula is C28H47N3O3. The van der Waals surface area contributed by atoms with Gasteiger partial charge in [0, 0.05) is 51.4 Å². The number of carbonyl (C=O) groups excluding carboxylic acids is 1. The molecule has 6 heteroatoms. The maximum atomic E-state index is 13.3. The van der Waals surface area contributed by atoms with E-state index in [0.29, 0.717) is 12.5 Å². The Hall–Kier alpha value is -1.63. The van der Waals surface area contributed by atoms with E-state index in [9.17, 15) is 4.79 Å².